The van der Waals surface area contributed by atoms with E-state index >= 15 is 0 Å². The summed E-state index contributed by atoms with van der Waals surface area (Å²) in [6.07, 6.45) is 2.02. The second kappa shape index (κ2) is 6.53. The monoisotopic (exact) mass is 294 g/mol. The molecule has 1 aliphatic carbocycles. The summed E-state index contributed by atoms with van der Waals surface area (Å²) in [6, 6.07) is 4.38. The third-order valence-corrected chi connectivity index (χ3v) is 3.22. The quantitative estimate of drug-likeness (QED) is 0.466. The number of aryl methyl sites for hydroxylation is 1. The maximum Gasteiger partial charge on any atom is 0.326 e. The van der Waals surface area contributed by atoms with E-state index in [1.807, 2.05) is 0 Å². The van der Waals surface area contributed by atoms with E-state index < -0.39 is 16.9 Å². The molecule has 0 bridgehead atoms. The molecule has 2 rings (SSSR count). The molecule has 7 nitrogen and oxygen atoms in total. The third-order valence-electron chi connectivity index (χ3n) is 3.22. The van der Waals surface area contributed by atoms with Gasteiger partial charge in [-0.15, -0.1) is 0 Å². The van der Waals surface area contributed by atoms with Crippen molar-refractivity contribution in [2.24, 2.45) is 0 Å². The minimum atomic E-state index is -0.622. The van der Waals surface area contributed by atoms with Crippen LogP contribution in [-0.4, -0.2) is 36.7 Å². The second-order valence-corrected chi connectivity index (χ2v) is 5.06. The lowest BCUT2D eigenvalue weighted by Gasteiger charge is -2.17. The Balaban J connectivity index is 2.05. The van der Waals surface area contributed by atoms with Gasteiger partial charge in [-0.2, -0.15) is 0 Å². The number of rotatable bonds is 7. The van der Waals surface area contributed by atoms with Crippen molar-refractivity contribution in [3.8, 4) is 5.75 Å². The van der Waals surface area contributed by atoms with Crippen molar-refractivity contribution in [2.45, 2.75) is 31.8 Å². The molecule has 1 aliphatic rings. The van der Waals surface area contributed by atoms with Crippen LogP contribution in [-0.2, 0) is 9.53 Å². The van der Waals surface area contributed by atoms with E-state index in [0.717, 1.165) is 18.4 Å². The van der Waals surface area contributed by atoms with Crippen molar-refractivity contribution in [3.63, 3.8) is 0 Å². The highest BCUT2D eigenvalue weighted by Crippen LogP contribution is 2.28. The lowest BCUT2D eigenvalue weighted by Crippen LogP contribution is -2.43. The van der Waals surface area contributed by atoms with Crippen LogP contribution < -0.4 is 10.1 Å². The fourth-order valence-electron chi connectivity index (χ4n) is 1.93. The molecule has 0 aromatic heterocycles. The number of hydrogen-bond acceptors (Lipinski definition) is 6. The van der Waals surface area contributed by atoms with Crippen LogP contribution >= 0.6 is 0 Å². The van der Waals surface area contributed by atoms with Gasteiger partial charge in [0.1, 0.15) is 12.6 Å². The summed E-state index contributed by atoms with van der Waals surface area (Å²) >= 11 is 0. The van der Waals surface area contributed by atoms with Crippen LogP contribution in [0.4, 0.5) is 5.69 Å². The van der Waals surface area contributed by atoms with Crippen molar-refractivity contribution in [1.29, 1.82) is 0 Å². The number of methoxy groups -OCH3 is 1. The number of ether oxygens (including phenoxy) is 2. The van der Waals surface area contributed by atoms with Gasteiger partial charge in [-0.1, -0.05) is 6.07 Å². The molecule has 0 amide bonds. The van der Waals surface area contributed by atoms with Crippen LogP contribution in [0.3, 0.4) is 0 Å². The van der Waals surface area contributed by atoms with Gasteiger partial charge in [-0.05, 0) is 31.4 Å². The Morgan fingerprint density at radius 1 is 1.52 bits per heavy atom. The predicted molar refractivity (Wildman–Crippen MR) is 75.3 cm³/mol. The summed E-state index contributed by atoms with van der Waals surface area (Å²) in [4.78, 5) is 22.2. The Kier molecular flexibility index (Phi) is 4.74. The highest BCUT2D eigenvalue weighted by Gasteiger charge is 2.30. The van der Waals surface area contributed by atoms with Crippen molar-refractivity contribution in [1.82, 2.24) is 5.32 Å². The molecule has 1 unspecified atom stereocenters. The van der Waals surface area contributed by atoms with Crippen LogP contribution in [0.2, 0.25) is 0 Å². The fourth-order valence-corrected chi connectivity index (χ4v) is 1.93. The Bertz CT molecular complexity index is 542. The van der Waals surface area contributed by atoms with Gasteiger partial charge in [-0.3, -0.25) is 20.2 Å². The molecule has 7 heteroatoms. The zero-order chi connectivity index (χ0) is 15.4. The molecule has 0 radical (unpaired) electrons. The molecule has 1 aromatic carbocycles. The maximum absolute atomic E-state index is 11.7. The number of benzene rings is 1. The molecule has 0 aliphatic heterocycles. The Labute approximate surface area is 122 Å². The summed E-state index contributed by atoms with van der Waals surface area (Å²) in [6.45, 7) is 1.76. The molecule has 1 fully saturated rings. The zero-order valence-corrected chi connectivity index (χ0v) is 12.0. The van der Waals surface area contributed by atoms with E-state index in [1.165, 1.54) is 13.2 Å². The van der Waals surface area contributed by atoms with Gasteiger partial charge in [-0.25, -0.2) is 0 Å². The second-order valence-electron chi connectivity index (χ2n) is 5.06. The van der Waals surface area contributed by atoms with Crippen molar-refractivity contribution in [3.05, 3.63) is 33.9 Å². The number of hydrogen-bond donors (Lipinski definition) is 1. The first-order chi connectivity index (χ1) is 10.0. The van der Waals surface area contributed by atoms with Crippen molar-refractivity contribution < 1.29 is 19.2 Å². The van der Waals surface area contributed by atoms with Gasteiger partial charge >= 0.3 is 11.7 Å². The topological polar surface area (TPSA) is 90.7 Å². The number of nitrogens with one attached hydrogen (secondary N) is 1. The van der Waals surface area contributed by atoms with E-state index in [9.17, 15) is 14.9 Å². The largest absolute Gasteiger partial charge is 0.485 e. The molecular weight excluding hydrogens is 276 g/mol. The molecule has 1 saturated carbocycles. The lowest BCUT2D eigenvalue weighted by atomic mass is 10.2. The molecular formula is C14H18N2O5. The fraction of sp³-hybridized carbons (Fsp3) is 0.500. The first kappa shape index (κ1) is 15.2. The summed E-state index contributed by atoms with van der Waals surface area (Å²) in [5.74, 6) is -0.284. The average Bonchev–Trinajstić information content (AvgIpc) is 3.27. The van der Waals surface area contributed by atoms with Gasteiger partial charge in [0.05, 0.1) is 12.0 Å². The maximum atomic E-state index is 11.7. The Hall–Kier alpha value is -2.15. The molecule has 114 valence electrons. The first-order valence-electron chi connectivity index (χ1n) is 6.73. The van der Waals surface area contributed by atoms with E-state index in [4.69, 9.17) is 9.47 Å². The molecule has 0 heterocycles. The van der Waals surface area contributed by atoms with Crippen LogP contribution in [0.5, 0.6) is 5.75 Å². The Morgan fingerprint density at radius 3 is 2.81 bits per heavy atom. The van der Waals surface area contributed by atoms with Crippen molar-refractivity contribution in [2.75, 3.05) is 13.7 Å². The van der Waals surface area contributed by atoms with Gasteiger partial charge in [0.25, 0.3) is 0 Å². The number of carbonyl (C=O) groups excluding carboxylic acids is 1. The van der Waals surface area contributed by atoms with Gasteiger partial charge in [0.15, 0.2) is 5.75 Å². The molecule has 1 aromatic rings. The smallest absolute Gasteiger partial charge is 0.326 e. The van der Waals surface area contributed by atoms with E-state index in [0.29, 0.717) is 6.04 Å². The number of nitrogens with zero attached hydrogens (tertiary/aromatic N) is 1. The highest BCUT2D eigenvalue weighted by molar-refractivity contribution is 5.76. The molecule has 0 saturated heterocycles. The van der Waals surface area contributed by atoms with Gasteiger partial charge in [0.2, 0.25) is 0 Å². The minimum absolute atomic E-state index is 0.00687. The normalized spacial score (nSPS) is 15.3. The van der Waals surface area contributed by atoms with Crippen LogP contribution in [0.25, 0.3) is 0 Å². The third kappa shape index (κ3) is 4.16. The SMILES string of the molecule is COC(=O)C(COc1ccc(C)cc1[N+](=O)[O-])NC1CC1. The summed E-state index contributed by atoms with van der Waals surface area (Å²) < 4.78 is 10.2. The van der Waals surface area contributed by atoms with E-state index in [2.05, 4.69) is 5.32 Å². The molecule has 21 heavy (non-hydrogen) atoms. The van der Waals surface area contributed by atoms with Crippen molar-refractivity contribution >= 4 is 11.7 Å². The Morgan fingerprint density at radius 2 is 2.24 bits per heavy atom. The summed E-state index contributed by atoms with van der Waals surface area (Å²) in [5.41, 5.74) is 0.666. The van der Waals surface area contributed by atoms with Crippen LogP contribution in [0, 0.1) is 17.0 Å². The zero-order valence-electron chi connectivity index (χ0n) is 12.0. The van der Waals surface area contributed by atoms with Crippen LogP contribution in [0.1, 0.15) is 18.4 Å². The van der Waals surface area contributed by atoms with E-state index in [-0.39, 0.29) is 18.0 Å². The highest BCUT2D eigenvalue weighted by atomic mass is 16.6. The average molecular weight is 294 g/mol. The lowest BCUT2D eigenvalue weighted by molar-refractivity contribution is -0.385. The first-order valence-corrected chi connectivity index (χ1v) is 6.73. The number of nitro benzene ring substituents is 1. The number of carbonyl (C=O) groups is 1. The van der Waals surface area contributed by atoms with Gasteiger partial charge in [0, 0.05) is 12.1 Å². The molecule has 1 N–H and O–H groups in total. The number of nitro groups is 1. The minimum Gasteiger partial charge on any atom is -0.485 e. The standard InChI is InChI=1S/C14H18N2O5/c1-9-3-6-13(12(7-9)16(18)19)21-8-11(14(17)20-2)15-10-4-5-10/h3,6-7,10-11,15H,4-5,8H2,1-2H3. The predicted octanol–water partition coefficient (Wildman–Crippen LogP) is 1.58. The van der Waals surface area contributed by atoms with E-state index in [1.54, 1.807) is 19.1 Å². The summed E-state index contributed by atoms with van der Waals surface area (Å²) in [7, 11) is 1.30. The summed E-state index contributed by atoms with van der Waals surface area (Å²) in [5, 5.41) is 14.1. The number of esters is 1. The molecule has 0 spiro atoms. The van der Waals surface area contributed by atoms with Crippen LogP contribution in [0.15, 0.2) is 18.2 Å². The molecule has 1 atom stereocenters. The van der Waals surface area contributed by atoms with Gasteiger partial charge < -0.3 is 9.47 Å².